The minimum Gasteiger partial charge on any atom is -0.390 e. The van der Waals surface area contributed by atoms with Crippen LogP contribution in [-0.4, -0.2) is 60.4 Å². The van der Waals surface area contributed by atoms with Gasteiger partial charge < -0.3 is 14.6 Å². The number of fused-ring (bicyclic) bond motifs is 1. The van der Waals surface area contributed by atoms with Gasteiger partial charge in [-0.05, 0) is 6.07 Å². The lowest BCUT2D eigenvalue weighted by Crippen LogP contribution is -2.42. The predicted octanol–water partition coefficient (Wildman–Crippen LogP) is -0.0872. The van der Waals surface area contributed by atoms with E-state index in [1.807, 2.05) is 35.9 Å². The first-order chi connectivity index (χ1) is 10.8. The van der Waals surface area contributed by atoms with Crippen molar-refractivity contribution in [3.63, 3.8) is 0 Å². The van der Waals surface area contributed by atoms with Crippen molar-refractivity contribution in [2.24, 2.45) is 7.05 Å². The van der Waals surface area contributed by atoms with Crippen molar-refractivity contribution in [1.82, 2.24) is 14.2 Å². The van der Waals surface area contributed by atoms with Gasteiger partial charge in [-0.15, -0.1) is 0 Å². The van der Waals surface area contributed by atoms with Gasteiger partial charge in [0.1, 0.15) is 0 Å². The molecule has 1 amide bonds. The van der Waals surface area contributed by atoms with Crippen LogP contribution >= 0.6 is 0 Å². The molecule has 1 aliphatic rings. The second-order valence-electron chi connectivity index (χ2n) is 5.94. The van der Waals surface area contributed by atoms with E-state index in [1.54, 1.807) is 6.20 Å². The molecule has 1 saturated heterocycles. The van der Waals surface area contributed by atoms with Crippen LogP contribution in [0.2, 0.25) is 0 Å². The van der Waals surface area contributed by atoms with Crippen molar-refractivity contribution in [2.45, 2.75) is 12.1 Å². The van der Waals surface area contributed by atoms with Gasteiger partial charge in [-0.2, -0.15) is 0 Å². The molecular weight excluding hydrogens is 318 g/mol. The van der Waals surface area contributed by atoms with Crippen LogP contribution in [0, 0.1) is 0 Å². The summed E-state index contributed by atoms with van der Waals surface area (Å²) in [5.41, 5.74) is 1.50. The zero-order valence-electron chi connectivity index (χ0n) is 12.9. The molecule has 0 aliphatic carbocycles. The number of β-amino-alcohol motifs (C(OH)–C–C–N with tert-alkyl or cyclic N) is 1. The van der Waals surface area contributed by atoms with E-state index in [0.29, 0.717) is 5.56 Å². The molecule has 1 aromatic heterocycles. The van der Waals surface area contributed by atoms with Crippen LogP contribution in [0.25, 0.3) is 10.9 Å². The molecule has 2 atom stereocenters. The van der Waals surface area contributed by atoms with Gasteiger partial charge in [0.05, 0.1) is 24.0 Å². The highest BCUT2D eigenvalue weighted by atomic mass is 32.2. The van der Waals surface area contributed by atoms with Crippen LogP contribution in [-0.2, 0) is 17.1 Å². The molecule has 2 heterocycles. The number of hydrogen-bond donors (Lipinski definition) is 2. The van der Waals surface area contributed by atoms with E-state index in [0.717, 1.165) is 17.2 Å². The maximum absolute atomic E-state index is 12.8. The minimum atomic E-state index is -3.44. The quantitative estimate of drug-likeness (QED) is 0.819. The number of rotatable bonds is 3. The molecule has 1 aromatic carbocycles. The number of carbonyl (C=O) groups is 1. The van der Waals surface area contributed by atoms with Gasteiger partial charge >= 0.3 is 0 Å². The van der Waals surface area contributed by atoms with Gasteiger partial charge in [0, 0.05) is 37.2 Å². The van der Waals surface area contributed by atoms with Gasteiger partial charge in [-0.1, -0.05) is 18.2 Å². The third-order valence-corrected chi connectivity index (χ3v) is 4.80. The number of nitrogens with zero attached hydrogens (tertiary/aromatic N) is 2. The first-order valence-electron chi connectivity index (χ1n) is 7.25. The highest BCUT2D eigenvalue weighted by Gasteiger charge is 2.36. The van der Waals surface area contributed by atoms with Crippen LogP contribution in [0.1, 0.15) is 10.4 Å². The topological polar surface area (TPSA) is 91.6 Å². The van der Waals surface area contributed by atoms with Crippen LogP contribution < -0.4 is 4.72 Å². The Bertz CT molecular complexity index is 859. The molecular formula is C15H19N3O4S. The summed E-state index contributed by atoms with van der Waals surface area (Å²) in [7, 11) is -1.57. The van der Waals surface area contributed by atoms with Gasteiger partial charge in [0.15, 0.2) is 0 Å². The third kappa shape index (κ3) is 3.10. The maximum Gasteiger partial charge on any atom is 0.256 e. The largest absolute Gasteiger partial charge is 0.390 e. The molecule has 3 rings (SSSR count). The Morgan fingerprint density at radius 3 is 2.70 bits per heavy atom. The minimum absolute atomic E-state index is 0.106. The number of likely N-dealkylation sites (tertiary alicyclic amines) is 1. The average Bonchev–Trinajstić information content (AvgIpc) is 2.99. The number of aryl methyl sites for hydroxylation is 1. The fourth-order valence-electron chi connectivity index (χ4n) is 3.03. The Morgan fingerprint density at radius 1 is 1.30 bits per heavy atom. The molecule has 0 bridgehead atoms. The Balaban J connectivity index is 1.86. The van der Waals surface area contributed by atoms with Crippen molar-refractivity contribution < 1.29 is 18.3 Å². The zero-order valence-corrected chi connectivity index (χ0v) is 13.7. The van der Waals surface area contributed by atoms with Crippen LogP contribution in [0.3, 0.4) is 0 Å². The third-order valence-electron chi connectivity index (χ3n) is 4.07. The highest BCUT2D eigenvalue weighted by molar-refractivity contribution is 7.88. The second-order valence-corrected chi connectivity index (χ2v) is 7.72. The van der Waals surface area contributed by atoms with E-state index in [9.17, 15) is 18.3 Å². The van der Waals surface area contributed by atoms with E-state index in [1.165, 1.54) is 4.90 Å². The number of carbonyl (C=O) groups excluding carboxylic acids is 1. The van der Waals surface area contributed by atoms with Crippen molar-refractivity contribution in [3.05, 3.63) is 36.0 Å². The Labute approximate surface area is 134 Å². The molecule has 0 spiro atoms. The molecule has 23 heavy (non-hydrogen) atoms. The number of nitrogens with one attached hydrogen (secondary N) is 1. The van der Waals surface area contributed by atoms with Gasteiger partial charge in [0.2, 0.25) is 10.0 Å². The average molecular weight is 337 g/mol. The van der Waals surface area contributed by atoms with E-state index in [4.69, 9.17) is 0 Å². The summed E-state index contributed by atoms with van der Waals surface area (Å²) in [6.07, 6.45) is 1.88. The van der Waals surface area contributed by atoms with E-state index in [2.05, 4.69) is 4.72 Å². The van der Waals surface area contributed by atoms with Gasteiger partial charge in [0.25, 0.3) is 5.91 Å². The monoisotopic (exact) mass is 337 g/mol. The summed E-state index contributed by atoms with van der Waals surface area (Å²) < 4.78 is 26.9. The number of aliphatic hydroxyl groups is 1. The van der Waals surface area contributed by atoms with Crippen LogP contribution in [0.4, 0.5) is 0 Å². The Hall–Kier alpha value is -1.90. The first-order valence-corrected chi connectivity index (χ1v) is 9.14. The lowest BCUT2D eigenvalue weighted by atomic mass is 10.1. The first kappa shape index (κ1) is 16.0. The van der Waals surface area contributed by atoms with Gasteiger partial charge in [-0.3, -0.25) is 4.79 Å². The molecule has 8 heteroatoms. The number of sulfonamides is 1. The fraction of sp³-hybridized carbons (Fsp3) is 0.400. The van der Waals surface area contributed by atoms with Crippen molar-refractivity contribution >= 4 is 26.8 Å². The number of hydrogen-bond acceptors (Lipinski definition) is 4. The second kappa shape index (κ2) is 5.63. The lowest BCUT2D eigenvalue weighted by molar-refractivity contribution is 0.0766. The van der Waals surface area contributed by atoms with E-state index < -0.39 is 22.2 Å². The lowest BCUT2D eigenvalue weighted by Gasteiger charge is -2.15. The SMILES string of the molecule is Cn1cc(C(=O)N2C[C@@H](O)[C@H](NS(C)(=O)=O)C2)c2ccccc21. The molecule has 124 valence electrons. The number of para-hydroxylation sites is 1. The van der Waals surface area contributed by atoms with Crippen LogP contribution in [0.5, 0.6) is 0 Å². The van der Waals surface area contributed by atoms with Crippen molar-refractivity contribution in [2.75, 3.05) is 19.3 Å². The van der Waals surface area contributed by atoms with E-state index in [-0.39, 0.29) is 19.0 Å². The molecule has 2 aromatic rings. The summed E-state index contributed by atoms with van der Waals surface area (Å²) in [6, 6.07) is 6.90. The Kier molecular flexibility index (Phi) is 3.91. The molecule has 0 unspecified atom stereocenters. The number of aromatic nitrogens is 1. The number of amides is 1. The highest BCUT2D eigenvalue weighted by Crippen LogP contribution is 2.23. The molecule has 1 fully saturated rings. The molecule has 0 saturated carbocycles. The standard InChI is InChI=1S/C15H19N3O4S/c1-17-7-11(10-5-3-4-6-13(10)17)15(20)18-8-12(14(19)9-18)16-23(2,21)22/h3-7,12,14,16,19H,8-9H2,1-2H3/t12-,14-/m1/s1. The molecule has 0 radical (unpaired) electrons. The smallest absolute Gasteiger partial charge is 0.256 e. The normalized spacial score (nSPS) is 22.0. The molecule has 1 aliphatic heterocycles. The van der Waals surface area contributed by atoms with Crippen LogP contribution in [0.15, 0.2) is 30.5 Å². The number of benzene rings is 1. The summed E-state index contributed by atoms with van der Waals surface area (Å²) in [5.74, 6) is -0.210. The summed E-state index contributed by atoms with van der Waals surface area (Å²) in [6.45, 7) is 0.255. The number of aliphatic hydroxyl groups excluding tert-OH is 1. The summed E-state index contributed by atoms with van der Waals surface area (Å²) in [4.78, 5) is 14.2. The van der Waals surface area contributed by atoms with E-state index >= 15 is 0 Å². The Morgan fingerprint density at radius 2 is 2.00 bits per heavy atom. The molecule has 2 N–H and O–H groups in total. The summed E-state index contributed by atoms with van der Waals surface area (Å²) >= 11 is 0. The predicted molar refractivity (Wildman–Crippen MR) is 86.6 cm³/mol. The van der Waals surface area contributed by atoms with Crippen molar-refractivity contribution in [3.8, 4) is 0 Å². The summed E-state index contributed by atoms with van der Waals surface area (Å²) in [5, 5.41) is 10.9. The van der Waals surface area contributed by atoms with Gasteiger partial charge in [-0.25, -0.2) is 13.1 Å². The maximum atomic E-state index is 12.8. The van der Waals surface area contributed by atoms with Crippen molar-refractivity contribution in [1.29, 1.82) is 0 Å². The molecule has 7 nitrogen and oxygen atoms in total. The fourth-order valence-corrected chi connectivity index (χ4v) is 3.81. The zero-order chi connectivity index (χ0) is 16.8.